The zero-order valence-electron chi connectivity index (χ0n) is 14.9. The van der Waals surface area contributed by atoms with Crippen molar-refractivity contribution in [2.75, 3.05) is 20.8 Å². The zero-order valence-corrected chi connectivity index (χ0v) is 14.9. The van der Waals surface area contributed by atoms with Crippen molar-refractivity contribution in [2.45, 2.75) is 51.0 Å². The van der Waals surface area contributed by atoms with E-state index in [4.69, 9.17) is 14.2 Å². The minimum Gasteiger partial charge on any atom is -0.493 e. The van der Waals surface area contributed by atoms with Crippen molar-refractivity contribution in [3.8, 4) is 11.5 Å². The molecule has 0 atom stereocenters. The van der Waals surface area contributed by atoms with Crippen molar-refractivity contribution >= 4 is 11.9 Å². The third kappa shape index (κ3) is 5.96. The third-order valence-corrected chi connectivity index (χ3v) is 4.30. The highest BCUT2D eigenvalue weighted by Crippen LogP contribution is 2.29. The molecule has 1 aromatic rings. The molecular weight excluding hydrogens is 324 g/mol. The van der Waals surface area contributed by atoms with E-state index in [1.807, 2.05) is 0 Å². The third-order valence-electron chi connectivity index (χ3n) is 4.30. The van der Waals surface area contributed by atoms with E-state index in [9.17, 15) is 9.59 Å². The summed E-state index contributed by atoms with van der Waals surface area (Å²) in [5, 5.41) is 0. The second-order valence-corrected chi connectivity index (χ2v) is 6.10. The number of methoxy groups -OCH3 is 2. The van der Waals surface area contributed by atoms with Gasteiger partial charge < -0.3 is 18.9 Å². The van der Waals surface area contributed by atoms with Gasteiger partial charge in [-0.3, -0.25) is 0 Å². The molecule has 0 unspecified atom stereocenters. The minimum atomic E-state index is -0.491. The predicted octanol–water partition coefficient (Wildman–Crippen LogP) is 3.52. The number of benzene rings is 1. The first-order valence-electron chi connectivity index (χ1n) is 8.72. The maximum Gasteiger partial charge on any atom is 0.343 e. The molecule has 1 aliphatic carbocycles. The van der Waals surface area contributed by atoms with Crippen LogP contribution in [0.25, 0.3) is 0 Å². The van der Waals surface area contributed by atoms with Gasteiger partial charge in [0.15, 0.2) is 18.1 Å². The molecule has 25 heavy (non-hydrogen) atoms. The molecule has 6 nitrogen and oxygen atoms in total. The Morgan fingerprint density at radius 3 is 2.32 bits per heavy atom. The molecule has 2 rings (SSSR count). The van der Waals surface area contributed by atoms with Crippen LogP contribution < -0.4 is 9.47 Å². The number of ether oxygens (including phenoxy) is 4. The topological polar surface area (TPSA) is 71.1 Å². The minimum absolute atomic E-state index is 0.0194. The van der Waals surface area contributed by atoms with Crippen LogP contribution >= 0.6 is 0 Å². The van der Waals surface area contributed by atoms with Crippen LogP contribution in [0.4, 0.5) is 0 Å². The van der Waals surface area contributed by atoms with Gasteiger partial charge in [0.2, 0.25) is 0 Å². The molecular formula is C19H26O6. The predicted molar refractivity (Wildman–Crippen MR) is 92.0 cm³/mol. The number of hydrogen-bond donors (Lipinski definition) is 0. The van der Waals surface area contributed by atoms with Crippen LogP contribution in [0.1, 0.15) is 55.3 Å². The molecule has 0 heterocycles. The van der Waals surface area contributed by atoms with E-state index in [0.29, 0.717) is 17.1 Å². The SMILES string of the molecule is COC(=O)COc1ccc(C(=O)OC2CCCCCCC2)cc1OC. The van der Waals surface area contributed by atoms with Gasteiger partial charge in [-0.05, 0) is 43.9 Å². The largest absolute Gasteiger partial charge is 0.493 e. The lowest BCUT2D eigenvalue weighted by molar-refractivity contribution is -0.142. The Morgan fingerprint density at radius 1 is 1.00 bits per heavy atom. The van der Waals surface area contributed by atoms with Gasteiger partial charge in [0.1, 0.15) is 6.10 Å². The average molecular weight is 350 g/mol. The van der Waals surface area contributed by atoms with Gasteiger partial charge >= 0.3 is 11.9 Å². The van der Waals surface area contributed by atoms with Crippen LogP contribution in [0.3, 0.4) is 0 Å². The second kappa shape index (κ2) is 9.91. The van der Waals surface area contributed by atoms with Crippen LogP contribution in [-0.4, -0.2) is 38.9 Å². The first-order chi connectivity index (χ1) is 12.1. The number of hydrogen-bond acceptors (Lipinski definition) is 6. The van der Waals surface area contributed by atoms with E-state index < -0.39 is 5.97 Å². The molecule has 0 spiro atoms. The van der Waals surface area contributed by atoms with Gasteiger partial charge in [-0.1, -0.05) is 19.3 Å². The van der Waals surface area contributed by atoms with Crippen molar-refractivity contribution in [1.29, 1.82) is 0 Å². The summed E-state index contributed by atoms with van der Waals surface area (Å²) in [5.41, 5.74) is 0.407. The van der Waals surface area contributed by atoms with Crippen LogP contribution in [0.2, 0.25) is 0 Å². The summed E-state index contributed by atoms with van der Waals surface area (Å²) in [6.07, 6.45) is 7.69. The molecule has 0 N–H and O–H groups in total. The van der Waals surface area contributed by atoms with Crippen molar-refractivity contribution in [2.24, 2.45) is 0 Å². The van der Waals surface area contributed by atoms with E-state index in [-0.39, 0.29) is 18.7 Å². The smallest absolute Gasteiger partial charge is 0.343 e. The maximum atomic E-state index is 12.4. The number of carbonyl (C=O) groups excluding carboxylic acids is 2. The molecule has 6 heteroatoms. The first kappa shape index (κ1) is 19.1. The van der Waals surface area contributed by atoms with Gasteiger partial charge in [-0.15, -0.1) is 0 Å². The first-order valence-corrected chi connectivity index (χ1v) is 8.72. The van der Waals surface area contributed by atoms with Crippen LogP contribution in [0.5, 0.6) is 11.5 Å². The number of carbonyl (C=O) groups is 2. The Bertz CT molecular complexity index is 575. The van der Waals surface area contributed by atoms with Crippen molar-refractivity contribution < 1.29 is 28.5 Å². The molecule has 0 bridgehead atoms. The van der Waals surface area contributed by atoms with Crippen molar-refractivity contribution in [3.05, 3.63) is 23.8 Å². The van der Waals surface area contributed by atoms with E-state index in [1.165, 1.54) is 33.5 Å². The molecule has 1 aliphatic rings. The fourth-order valence-electron chi connectivity index (χ4n) is 2.87. The number of rotatable bonds is 6. The normalized spacial score (nSPS) is 15.6. The highest BCUT2D eigenvalue weighted by Gasteiger charge is 2.19. The van der Waals surface area contributed by atoms with E-state index >= 15 is 0 Å². The second-order valence-electron chi connectivity index (χ2n) is 6.10. The molecule has 1 saturated carbocycles. The van der Waals surface area contributed by atoms with Crippen LogP contribution in [0, 0.1) is 0 Å². The summed E-state index contributed by atoms with van der Waals surface area (Å²) in [4.78, 5) is 23.6. The molecule has 0 aliphatic heterocycles. The summed E-state index contributed by atoms with van der Waals surface area (Å²) in [5.74, 6) is -0.107. The summed E-state index contributed by atoms with van der Waals surface area (Å²) in [7, 11) is 2.77. The molecule has 1 fully saturated rings. The van der Waals surface area contributed by atoms with Crippen molar-refractivity contribution in [3.63, 3.8) is 0 Å². The standard InChI is InChI=1S/C19H26O6/c1-22-17-12-14(10-11-16(17)24-13-18(20)23-2)19(21)25-15-8-6-4-3-5-7-9-15/h10-12,15H,3-9,13H2,1-2H3. The molecule has 138 valence electrons. The van der Waals surface area contributed by atoms with E-state index in [2.05, 4.69) is 4.74 Å². The lowest BCUT2D eigenvalue weighted by Crippen LogP contribution is -2.19. The Labute approximate surface area is 148 Å². The Kier molecular flexibility index (Phi) is 7.57. The maximum absolute atomic E-state index is 12.4. The summed E-state index contributed by atoms with van der Waals surface area (Å²) < 4.78 is 20.8. The lowest BCUT2D eigenvalue weighted by atomic mass is 9.98. The number of esters is 2. The average Bonchev–Trinajstić information content (AvgIpc) is 2.61. The summed E-state index contributed by atoms with van der Waals surface area (Å²) in [6.45, 7) is -0.223. The Balaban J connectivity index is 2.00. The fraction of sp³-hybridized carbons (Fsp3) is 0.579. The Hall–Kier alpha value is -2.24. The summed E-state index contributed by atoms with van der Waals surface area (Å²) >= 11 is 0. The van der Waals surface area contributed by atoms with Gasteiger partial charge in [0.05, 0.1) is 19.8 Å². The van der Waals surface area contributed by atoms with Crippen LogP contribution in [0.15, 0.2) is 18.2 Å². The van der Waals surface area contributed by atoms with Gasteiger partial charge in [-0.2, -0.15) is 0 Å². The quantitative estimate of drug-likeness (QED) is 0.731. The van der Waals surface area contributed by atoms with Gasteiger partial charge in [-0.25, -0.2) is 9.59 Å². The monoisotopic (exact) mass is 350 g/mol. The van der Waals surface area contributed by atoms with Crippen molar-refractivity contribution in [1.82, 2.24) is 0 Å². The molecule has 0 aromatic heterocycles. The summed E-state index contributed by atoms with van der Waals surface area (Å²) in [6, 6.07) is 4.77. The van der Waals surface area contributed by atoms with Gasteiger partial charge in [0.25, 0.3) is 0 Å². The van der Waals surface area contributed by atoms with E-state index in [0.717, 1.165) is 25.7 Å². The zero-order chi connectivity index (χ0) is 18.1. The molecule has 0 amide bonds. The van der Waals surface area contributed by atoms with Crippen LogP contribution in [-0.2, 0) is 14.3 Å². The fourth-order valence-corrected chi connectivity index (χ4v) is 2.87. The highest BCUT2D eigenvalue weighted by atomic mass is 16.6. The van der Waals surface area contributed by atoms with Gasteiger partial charge in [0, 0.05) is 0 Å². The molecule has 1 aromatic carbocycles. The highest BCUT2D eigenvalue weighted by molar-refractivity contribution is 5.90. The molecule has 0 radical (unpaired) electrons. The lowest BCUT2D eigenvalue weighted by Gasteiger charge is -2.20. The Morgan fingerprint density at radius 2 is 1.68 bits per heavy atom. The van der Waals surface area contributed by atoms with E-state index in [1.54, 1.807) is 18.2 Å². The molecule has 0 saturated heterocycles.